The van der Waals surface area contributed by atoms with Crippen molar-refractivity contribution in [3.05, 3.63) is 53.7 Å². The van der Waals surface area contributed by atoms with E-state index >= 15 is 0 Å². The van der Waals surface area contributed by atoms with Crippen molar-refractivity contribution < 1.29 is 9.53 Å². The van der Waals surface area contributed by atoms with Gasteiger partial charge < -0.3 is 20.3 Å². The van der Waals surface area contributed by atoms with Crippen molar-refractivity contribution in [2.45, 2.75) is 38.8 Å². The summed E-state index contributed by atoms with van der Waals surface area (Å²) < 4.78 is 5.13. The van der Waals surface area contributed by atoms with Gasteiger partial charge in [0.1, 0.15) is 11.6 Å². The fraction of sp³-hybridized carbons (Fsp3) is 0.429. The number of carbonyl (C=O) groups is 1. The highest BCUT2D eigenvalue weighted by molar-refractivity contribution is 5.73. The zero-order valence-electron chi connectivity index (χ0n) is 15.9. The van der Waals surface area contributed by atoms with Gasteiger partial charge in [-0.25, -0.2) is 9.78 Å². The van der Waals surface area contributed by atoms with Gasteiger partial charge in [0.2, 0.25) is 0 Å². The van der Waals surface area contributed by atoms with E-state index in [4.69, 9.17) is 4.74 Å². The maximum atomic E-state index is 12.0. The lowest BCUT2D eigenvalue weighted by molar-refractivity contribution is 0.240. The normalized spacial score (nSPS) is 14.3. The molecule has 0 saturated carbocycles. The third kappa shape index (κ3) is 5.88. The van der Waals surface area contributed by atoms with Crippen molar-refractivity contribution in [1.29, 1.82) is 0 Å². The van der Waals surface area contributed by atoms with Crippen molar-refractivity contribution in [1.82, 2.24) is 15.6 Å². The number of pyridine rings is 1. The Kier molecular flexibility index (Phi) is 6.90. The Morgan fingerprint density at radius 3 is 2.19 bits per heavy atom. The number of carbonyl (C=O) groups excluding carboxylic acids is 1. The van der Waals surface area contributed by atoms with Gasteiger partial charge in [0.15, 0.2) is 0 Å². The second-order valence-electron chi connectivity index (χ2n) is 6.81. The predicted octanol–water partition coefficient (Wildman–Crippen LogP) is 3.47. The Hall–Kier alpha value is -2.76. The summed E-state index contributed by atoms with van der Waals surface area (Å²) in [5.74, 6) is 1.84. The first kappa shape index (κ1) is 19.0. The van der Waals surface area contributed by atoms with E-state index in [1.165, 1.54) is 25.7 Å². The molecule has 3 rings (SSSR count). The topological polar surface area (TPSA) is 66.5 Å². The minimum absolute atomic E-state index is 0.192. The van der Waals surface area contributed by atoms with E-state index < -0.39 is 0 Å². The van der Waals surface area contributed by atoms with Gasteiger partial charge in [-0.05, 0) is 42.2 Å². The molecular weight excluding hydrogens is 340 g/mol. The van der Waals surface area contributed by atoms with Crippen molar-refractivity contribution >= 4 is 11.8 Å². The zero-order chi connectivity index (χ0) is 18.9. The van der Waals surface area contributed by atoms with E-state index in [9.17, 15) is 4.79 Å². The molecule has 6 nitrogen and oxygen atoms in total. The number of ether oxygens (including phenoxy) is 1. The number of anilines is 1. The summed E-state index contributed by atoms with van der Waals surface area (Å²) in [6.45, 7) is 3.10. The lowest BCUT2D eigenvalue weighted by atomic mass is 10.2. The summed E-state index contributed by atoms with van der Waals surface area (Å²) in [4.78, 5) is 18.9. The van der Waals surface area contributed by atoms with Gasteiger partial charge in [-0.2, -0.15) is 0 Å². The van der Waals surface area contributed by atoms with Crippen molar-refractivity contribution in [3.8, 4) is 5.75 Å². The van der Waals surface area contributed by atoms with Crippen molar-refractivity contribution in [3.63, 3.8) is 0 Å². The summed E-state index contributed by atoms with van der Waals surface area (Å²) in [7, 11) is 1.63. The number of aromatic nitrogens is 1. The number of nitrogens with one attached hydrogen (secondary N) is 2. The van der Waals surface area contributed by atoms with Crippen LogP contribution in [0.25, 0.3) is 0 Å². The molecule has 0 aliphatic carbocycles. The Morgan fingerprint density at radius 2 is 1.59 bits per heavy atom. The highest BCUT2D eigenvalue weighted by Gasteiger charge is 2.11. The molecule has 1 fully saturated rings. The van der Waals surface area contributed by atoms with Gasteiger partial charge in [-0.3, -0.25) is 0 Å². The molecule has 2 aromatic rings. The molecule has 0 bridgehead atoms. The van der Waals surface area contributed by atoms with Crippen LogP contribution in [-0.2, 0) is 13.1 Å². The molecule has 2 amide bonds. The van der Waals surface area contributed by atoms with E-state index in [1.807, 2.05) is 36.5 Å². The minimum Gasteiger partial charge on any atom is -0.497 e. The molecule has 0 radical (unpaired) electrons. The summed E-state index contributed by atoms with van der Waals surface area (Å²) >= 11 is 0. The molecule has 0 unspecified atom stereocenters. The van der Waals surface area contributed by atoms with Gasteiger partial charge in [-0.15, -0.1) is 0 Å². The molecule has 1 aliphatic rings. The number of nitrogens with zero attached hydrogens (tertiary/aromatic N) is 2. The van der Waals surface area contributed by atoms with Crippen LogP contribution in [0, 0.1) is 0 Å². The van der Waals surface area contributed by atoms with Crippen LogP contribution < -0.4 is 20.3 Å². The minimum atomic E-state index is -0.192. The molecule has 2 N–H and O–H groups in total. The zero-order valence-corrected chi connectivity index (χ0v) is 15.9. The quantitative estimate of drug-likeness (QED) is 0.819. The molecule has 1 aromatic heterocycles. The highest BCUT2D eigenvalue weighted by atomic mass is 16.5. The highest BCUT2D eigenvalue weighted by Crippen LogP contribution is 2.17. The molecule has 27 heavy (non-hydrogen) atoms. The summed E-state index contributed by atoms with van der Waals surface area (Å²) in [5, 5.41) is 5.73. The van der Waals surface area contributed by atoms with Gasteiger partial charge in [0.25, 0.3) is 0 Å². The number of amides is 2. The van der Waals surface area contributed by atoms with Gasteiger partial charge >= 0.3 is 6.03 Å². The van der Waals surface area contributed by atoms with Crippen LogP contribution in [0.5, 0.6) is 5.75 Å². The number of urea groups is 1. The smallest absolute Gasteiger partial charge is 0.315 e. The molecule has 6 heteroatoms. The number of methoxy groups -OCH3 is 1. The van der Waals surface area contributed by atoms with E-state index in [0.717, 1.165) is 35.8 Å². The Labute approximate surface area is 160 Å². The third-order valence-electron chi connectivity index (χ3n) is 4.80. The summed E-state index contributed by atoms with van der Waals surface area (Å²) in [6.07, 6.45) is 6.94. The van der Waals surface area contributed by atoms with Crippen LogP contribution >= 0.6 is 0 Å². The van der Waals surface area contributed by atoms with E-state index in [2.05, 4.69) is 26.6 Å². The number of hydrogen-bond donors (Lipinski definition) is 2. The standard InChI is InChI=1S/C21H28N4O2/c1-27-19-9-6-17(7-10-19)14-23-21(26)24-16-18-8-11-20(22-15-18)25-12-4-2-3-5-13-25/h6-11,15H,2-5,12-14,16H2,1H3,(H2,23,24,26). The maximum Gasteiger partial charge on any atom is 0.315 e. The lowest BCUT2D eigenvalue weighted by Gasteiger charge is -2.21. The molecule has 144 valence electrons. The number of hydrogen-bond acceptors (Lipinski definition) is 4. The van der Waals surface area contributed by atoms with Crippen LogP contribution in [0.4, 0.5) is 10.6 Å². The average molecular weight is 368 g/mol. The SMILES string of the molecule is COc1ccc(CNC(=O)NCc2ccc(N3CCCCCC3)nc2)cc1. The Morgan fingerprint density at radius 1 is 0.963 bits per heavy atom. The Balaban J connectivity index is 1.42. The lowest BCUT2D eigenvalue weighted by Crippen LogP contribution is -2.34. The van der Waals surface area contributed by atoms with E-state index in [-0.39, 0.29) is 6.03 Å². The maximum absolute atomic E-state index is 12.0. The first-order chi connectivity index (χ1) is 13.2. The first-order valence-electron chi connectivity index (χ1n) is 9.59. The molecule has 2 heterocycles. The van der Waals surface area contributed by atoms with Crippen LogP contribution in [-0.4, -0.2) is 31.2 Å². The number of benzene rings is 1. The molecule has 1 aromatic carbocycles. The average Bonchev–Trinajstić information content (AvgIpc) is 3.01. The first-order valence-corrected chi connectivity index (χ1v) is 9.59. The van der Waals surface area contributed by atoms with Crippen LogP contribution in [0.15, 0.2) is 42.6 Å². The molecule has 0 atom stereocenters. The fourth-order valence-corrected chi connectivity index (χ4v) is 3.18. The molecular formula is C21H28N4O2. The van der Waals surface area contributed by atoms with Gasteiger partial charge in [0, 0.05) is 32.4 Å². The molecule has 0 spiro atoms. The molecule has 1 aliphatic heterocycles. The van der Waals surface area contributed by atoms with Crippen LogP contribution in [0.3, 0.4) is 0 Å². The largest absolute Gasteiger partial charge is 0.497 e. The predicted molar refractivity (Wildman–Crippen MR) is 107 cm³/mol. The van der Waals surface area contributed by atoms with Crippen molar-refractivity contribution in [2.75, 3.05) is 25.1 Å². The number of rotatable bonds is 6. The van der Waals surface area contributed by atoms with Crippen LogP contribution in [0.2, 0.25) is 0 Å². The van der Waals surface area contributed by atoms with Gasteiger partial charge in [0.05, 0.1) is 7.11 Å². The second kappa shape index (κ2) is 9.80. The van der Waals surface area contributed by atoms with Crippen molar-refractivity contribution in [2.24, 2.45) is 0 Å². The van der Waals surface area contributed by atoms with Crippen LogP contribution in [0.1, 0.15) is 36.8 Å². The second-order valence-corrected chi connectivity index (χ2v) is 6.81. The monoisotopic (exact) mass is 368 g/mol. The van der Waals surface area contributed by atoms with Gasteiger partial charge in [-0.1, -0.05) is 31.0 Å². The summed E-state index contributed by atoms with van der Waals surface area (Å²) in [5.41, 5.74) is 2.02. The fourth-order valence-electron chi connectivity index (χ4n) is 3.18. The third-order valence-corrected chi connectivity index (χ3v) is 4.80. The van der Waals surface area contributed by atoms with E-state index in [0.29, 0.717) is 13.1 Å². The summed E-state index contributed by atoms with van der Waals surface area (Å²) in [6, 6.07) is 11.5. The van der Waals surface area contributed by atoms with E-state index in [1.54, 1.807) is 7.11 Å². The molecule has 1 saturated heterocycles. The Bertz CT molecular complexity index is 708.